The number of halogens is 1. The van der Waals surface area contributed by atoms with Gasteiger partial charge < -0.3 is 25.7 Å². The van der Waals surface area contributed by atoms with E-state index < -0.39 is 0 Å². The molecule has 1 aliphatic rings. The Kier molecular flexibility index (Phi) is 7.04. The van der Waals surface area contributed by atoms with E-state index in [2.05, 4.69) is 51.5 Å². The van der Waals surface area contributed by atoms with Gasteiger partial charge in [0, 0.05) is 42.3 Å². The number of aromatic nitrogens is 3. The third-order valence-electron chi connectivity index (χ3n) is 6.40. The van der Waals surface area contributed by atoms with Crippen LogP contribution in [0.15, 0.2) is 60.9 Å². The molecule has 5 rings (SSSR count). The first-order valence-electron chi connectivity index (χ1n) is 11.9. The van der Waals surface area contributed by atoms with E-state index in [9.17, 15) is 0 Å². The van der Waals surface area contributed by atoms with Crippen LogP contribution in [0.3, 0.4) is 0 Å². The van der Waals surface area contributed by atoms with Crippen LogP contribution in [0.25, 0.3) is 33.8 Å². The van der Waals surface area contributed by atoms with Gasteiger partial charge in [-0.2, -0.15) is 0 Å². The molecule has 184 valence electrons. The molecule has 2 aromatic heterocycles. The summed E-state index contributed by atoms with van der Waals surface area (Å²) in [5.74, 6) is 1.14. The van der Waals surface area contributed by atoms with E-state index in [1.54, 1.807) is 13.3 Å². The molecular formula is C28H29ClN6O. The van der Waals surface area contributed by atoms with Crippen LogP contribution in [0.1, 0.15) is 17.5 Å². The summed E-state index contributed by atoms with van der Waals surface area (Å²) in [6.07, 6.45) is 10.8. The van der Waals surface area contributed by atoms with Crippen LogP contribution in [-0.2, 0) is 0 Å². The SMILES string of the molecule is COc1cc(C2=CCN(C)CC2)c(C=CCN)cc1Nc1ncc(Cl)c(-c2c[nH]c3ccccc23)n1. The van der Waals surface area contributed by atoms with Gasteiger partial charge >= 0.3 is 0 Å². The van der Waals surface area contributed by atoms with Crippen LogP contribution in [-0.4, -0.2) is 53.6 Å². The highest BCUT2D eigenvalue weighted by molar-refractivity contribution is 6.33. The summed E-state index contributed by atoms with van der Waals surface area (Å²) in [7, 11) is 3.80. The van der Waals surface area contributed by atoms with Gasteiger partial charge in [0.05, 0.1) is 29.7 Å². The van der Waals surface area contributed by atoms with E-state index >= 15 is 0 Å². The van der Waals surface area contributed by atoms with E-state index in [4.69, 9.17) is 27.1 Å². The van der Waals surface area contributed by atoms with E-state index in [0.29, 0.717) is 29.0 Å². The number of rotatable bonds is 7. The van der Waals surface area contributed by atoms with Gasteiger partial charge in [0.1, 0.15) is 5.75 Å². The van der Waals surface area contributed by atoms with Crippen molar-refractivity contribution in [1.82, 2.24) is 19.9 Å². The Labute approximate surface area is 215 Å². The van der Waals surface area contributed by atoms with Crippen molar-refractivity contribution in [2.75, 3.05) is 39.1 Å². The van der Waals surface area contributed by atoms with Crippen molar-refractivity contribution in [2.24, 2.45) is 5.73 Å². The fourth-order valence-corrected chi connectivity index (χ4v) is 4.69. The zero-order valence-corrected chi connectivity index (χ0v) is 21.1. The number of aromatic amines is 1. The van der Waals surface area contributed by atoms with Crippen molar-refractivity contribution in [1.29, 1.82) is 0 Å². The highest BCUT2D eigenvalue weighted by Gasteiger charge is 2.18. The third kappa shape index (κ3) is 4.86. The van der Waals surface area contributed by atoms with Gasteiger partial charge in [-0.1, -0.05) is 48.0 Å². The molecule has 0 bridgehead atoms. The van der Waals surface area contributed by atoms with Crippen LogP contribution in [0, 0.1) is 0 Å². The molecule has 0 aliphatic carbocycles. The average molecular weight is 501 g/mol. The number of para-hydroxylation sites is 1. The van der Waals surface area contributed by atoms with Crippen molar-refractivity contribution in [2.45, 2.75) is 6.42 Å². The highest BCUT2D eigenvalue weighted by Crippen LogP contribution is 2.37. The van der Waals surface area contributed by atoms with E-state index in [0.717, 1.165) is 52.8 Å². The Morgan fingerprint density at radius 1 is 1.25 bits per heavy atom. The molecule has 0 spiro atoms. The minimum absolute atomic E-state index is 0.429. The lowest BCUT2D eigenvalue weighted by molar-refractivity contribution is 0.370. The van der Waals surface area contributed by atoms with Crippen molar-refractivity contribution in [3.05, 3.63) is 77.1 Å². The van der Waals surface area contributed by atoms with Gasteiger partial charge in [0.25, 0.3) is 0 Å². The zero-order valence-electron chi connectivity index (χ0n) is 20.4. The second-order valence-electron chi connectivity index (χ2n) is 8.78. The molecule has 0 unspecified atom stereocenters. The smallest absolute Gasteiger partial charge is 0.227 e. The molecule has 4 aromatic rings. The second-order valence-corrected chi connectivity index (χ2v) is 9.19. The molecule has 8 heteroatoms. The molecule has 36 heavy (non-hydrogen) atoms. The monoisotopic (exact) mass is 500 g/mol. The van der Waals surface area contributed by atoms with E-state index in [-0.39, 0.29) is 0 Å². The number of anilines is 2. The standard InChI is InChI=1S/C28H29ClN6O/c1-35-12-9-18(10-13-35)21-15-26(36-2)25(14-19(21)6-5-11-30)33-28-32-17-23(29)27(34-28)22-16-31-24-8-4-3-7-20(22)24/h3-9,14-17,31H,10-13,30H2,1-2H3,(H,32,33,34). The molecule has 7 nitrogen and oxygen atoms in total. The summed E-state index contributed by atoms with van der Waals surface area (Å²) >= 11 is 6.53. The van der Waals surface area contributed by atoms with Gasteiger partial charge in [-0.25, -0.2) is 9.97 Å². The number of benzene rings is 2. The molecule has 0 saturated carbocycles. The van der Waals surface area contributed by atoms with Gasteiger partial charge in [-0.3, -0.25) is 0 Å². The highest BCUT2D eigenvalue weighted by atomic mass is 35.5. The van der Waals surface area contributed by atoms with Gasteiger partial charge in [-0.05, 0) is 48.4 Å². The van der Waals surface area contributed by atoms with Crippen molar-refractivity contribution < 1.29 is 4.74 Å². The van der Waals surface area contributed by atoms with Crippen molar-refractivity contribution >= 4 is 45.8 Å². The quantitative estimate of drug-likeness (QED) is 0.300. The summed E-state index contributed by atoms with van der Waals surface area (Å²) in [4.78, 5) is 14.8. The molecular weight excluding hydrogens is 472 g/mol. The molecule has 0 radical (unpaired) electrons. The Hall–Kier alpha value is -3.65. The maximum Gasteiger partial charge on any atom is 0.227 e. The molecule has 2 aromatic carbocycles. The second kappa shape index (κ2) is 10.5. The maximum atomic E-state index is 6.53. The normalized spacial score (nSPS) is 14.4. The molecule has 4 N–H and O–H groups in total. The van der Waals surface area contributed by atoms with E-state index in [1.165, 1.54) is 5.57 Å². The fourth-order valence-electron chi connectivity index (χ4n) is 4.49. The average Bonchev–Trinajstić information content (AvgIpc) is 3.33. The Balaban J connectivity index is 1.54. The number of hydrogen-bond acceptors (Lipinski definition) is 6. The predicted molar refractivity (Wildman–Crippen MR) is 149 cm³/mol. The lowest BCUT2D eigenvalue weighted by atomic mass is 9.93. The summed E-state index contributed by atoms with van der Waals surface area (Å²) in [5.41, 5.74) is 12.6. The Morgan fingerprint density at radius 2 is 2.11 bits per heavy atom. The van der Waals surface area contributed by atoms with Crippen molar-refractivity contribution in [3.63, 3.8) is 0 Å². The number of nitrogens with zero attached hydrogens (tertiary/aromatic N) is 3. The van der Waals surface area contributed by atoms with Crippen LogP contribution in [0.2, 0.25) is 5.02 Å². The number of H-pyrrole nitrogens is 1. The maximum absolute atomic E-state index is 6.53. The minimum atomic E-state index is 0.429. The molecule has 0 fully saturated rings. The van der Waals surface area contributed by atoms with Crippen LogP contribution >= 0.6 is 11.6 Å². The number of fused-ring (bicyclic) bond motifs is 1. The van der Waals surface area contributed by atoms with Gasteiger partial charge in [0.2, 0.25) is 5.95 Å². The van der Waals surface area contributed by atoms with Crippen LogP contribution in [0.5, 0.6) is 5.75 Å². The Bertz CT molecular complexity index is 1460. The van der Waals surface area contributed by atoms with Crippen molar-refractivity contribution in [3.8, 4) is 17.0 Å². The lowest BCUT2D eigenvalue weighted by Gasteiger charge is -2.24. The molecule has 1 aliphatic heterocycles. The topological polar surface area (TPSA) is 92.1 Å². The number of ether oxygens (including phenoxy) is 1. The first-order chi connectivity index (χ1) is 17.6. The number of nitrogens with two attached hydrogens (primary N) is 1. The fraction of sp³-hybridized carbons (Fsp3) is 0.214. The van der Waals surface area contributed by atoms with Crippen LogP contribution in [0.4, 0.5) is 11.6 Å². The van der Waals surface area contributed by atoms with E-state index in [1.807, 2.05) is 36.5 Å². The molecule has 0 amide bonds. The number of nitrogens with one attached hydrogen (secondary N) is 2. The largest absolute Gasteiger partial charge is 0.495 e. The summed E-state index contributed by atoms with van der Waals surface area (Å²) in [5, 5.41) is 4.87. The minimum Gasteiger partial charge on any atom is -0.495 e. The Morgan fingerprint density at radius 3 is 2.89 bits per heavy atom. The summed E-state index contributed by atoms with van der Waals surface area (Å²) in [6.45, 7) is 2.40. The summed E-state index contributed by atoms with van der Waals surface area (Å²) in [6, 6.07) is 12.2. The van der Waals surface area contributed by atoms with Crippen LogP contribution < -0.4 is 15.8 Å². The van der Waals surface area contributed by atoms with Gasteiger partial charge in [-0.15, -0.1) is 0 Å². The first-order valence-corrected chi connectivity index (χ1v) is 12.3. The number of likely N-dealkylation sites (N-methyl/N-ethyl adjacent to an activating group) is 1. The zero-order chi connectivity index (χ0) is 25.1. The first kappa shape index (κ1) is 24.1. The summed E-state index contributed by atoms with van der Waals surface area (Å²) < 4.78 is 5.78. The number of hydrogen-bond donors (Lipinski definition) is 3. The molecule has 0 atom stereocenters. The lowest BCUT2D eigenvalue weighted by Crippen LogP contribution is -2.23. The molecule has 0 saturated heterocycles. The van der Waals surface area contributed by atoms with Gasteiger partial charge in [0.15, 0.2) is 0 Å². The molecule has 3 heterocycles. The predicted octanol–water partition coefficient (Wildman–Crippen LogP) is 5.72. The number of methoxy groups -OCH3 is 1. The third-order valence-corrected chi connectivity index (χ3v) is 6.67.